The fourth-order valence-corrected chi connectivity index (χ4v) is 5.60. The van der Waals surface area contributed by atoms with Crippen molar-refractivity contribution in [3.63, 3.8) is 0 Å². The van der Waals surface area contributed by atoms with Gasteiger partial charge >= 0.3 is 0 Å². The Labute approximate surface area is 219 Å². The van der Waals surface area contributed by atoms with Gasteiger partial charge in [0.1, 0.15) is 16.4 Å². The number of aromatic nitrogens is 3. The first-order chi connectivity index (χ1) is 17.9. The summed E-state index contributed by atoms with van der Waals surface area (Å²) in [5, 5.41) is 11.6. The number of ketones is 1. The number of hydrogen-bond donors (Lipinski definition) is 1. The third-order valence-electron chi connectivity index (χ3n) is 6.24. The molecule has 1 aliphatic rings. The van der Waals surface area contributed by atoms with Gasteiger partial charge in [0, 0.05) is 29.9 Å². The van der Waals surface area contributed by atoms with Crippen LogP contribution >= 0.6 is 11.3 Å². The number of nitrogens with two attached hydrogens (primary N) is 1. The summed E-state index contributed by atoms with van der Waals surface area (Å²) in [6.45, 7) is 1.37. The third-order valence-corrected chi connectivity index (χ3v) is 8.00. The highest BCUT2D eigenvalue weighted by molar-refractivity contribution is 7.89. The smallest absolute Gasteiger partial charge is 0.240 e. The normalized spacial score (nSPS) is 13.7. The molecular weight excluding hydrogens is 544 g/mol. The molecule has 0 spiro atoms. The lowest BCUT2D eigenvalue weighted by Crippen LogP contribution is -2.14. The van der Waals surface area contributed by atoms with E-state index in [0.717, 1.165) is 48.4 Å². The molecule has 198 valence electrons. The van der Waals surface area contributed by atoms with Crippen LogP contribution in [0.2, 0.25) is 0 Å². The molecule has 0 aliphatic heterocycles. The second kappa shape index (κ2) is 9.71. The Bertz CT molecular complexity index is 1670. The minimum Gasteiger partial charge on any atom is -0.293 e. The second-order valence-corrected chi connectivity index (χ2v) is 11.5. The molecule has 2 N–H and O–H groups in total. The summed E-state index contributed by atoms with van der Waals surface area (Å²) in [5.41, 5.74) is 1.75. The summed E-state index contributed by atoms with van der Waals surface area (Å²) in [5.74, 6) is -5.42. The predicted octanol–water partition coefficient (Wildman–Crippen LogP) is 4.95. The van der Waals surface area contributed by atoms with Crippen LogP contribution in [0.15, 0.2) is 40.6 Å². The predicted molar refractivity (Wildman–Crippen MR) is 132 cm³/mol. The number of nitrogens with zero attached hydrogens (tertiary/aromatic N) is 3. The van der Waals surface area contributed by atoms with Crippen molar-refractivity contribution in [2.75, 3.05) is 0 Å². The Morgan fingerprint density at radius 3 is 2.34 bits per heavy atom. The highest BCUT2D eigenvalue weighted by Crippen LogP contribution is 2.38. The van der Waals surface area contributed by atoms with Crippen LogP contribution in [-0.2, 0) is 22.9 Å². The number of primary sulfonamides is 1. The molecule has 2 aromatic heterocycles. The van der Waals surface area contributed by atoms with Gasteiger partial charge in [0.25, 0.3) is 0 Å². The van der Waals surface area contributed by atoms with Gasteiger partial charge in [0.05, 0.1) is 11.4 Å². The number of hydrogen-bond acceptors (Lipinski definition) is 6. The van der Waals surface area contributed by atoms with Crippen LogP contribution in [-0.4, -0.2) is 29.0 Å². The van der Waals surface area contributed by atoms with Crippen LogP contribution in [0.1, 0.15) is 47.1 Å². The van der Waals surface area contributed by atoms with E-state index in [-0.39, 0.29) is 29.2 Å². The maximum atomic E-state index is 14.6. The van der Waals surface area contributed by atoms with Gasteiger partial charge < -0.3 is 0 Å². The topological polar surface area (TPSA) is 108 Å². The van der Waals surface area contributed by atoms with Gasteiger partial charge in [-0.15, -0.1) is 11.3 Å². The Hall–Kier alpha value is -3.42. The van der Waals surface area contributed by atoms with Gasteiger partial charge in [0.2, 0.25) is 15.2 Å². The number of sulfonamides is 1. The molecule has 1 saturated carbocycles. The van der Waals surface area contributed by atoms with Crippen LogP contribution in [0, 0.1) is 29.2 Å². The van der Waals surface area contributed by atoms with E-state index in [4.69, 9.17) is 5.14 Å². The molecule has 1 aliphatic carbocycles. The van der Waals surface area contributed by atoms with E-state index in [2.05, 4.69) is 10.1 Å². The number of rotatable bonds is 8. The standard InChI is InChI=1S/C25H20F4N4O3S2/c1-12(34)20-11-37-25(31-20)33-21(8-13-2-3-13)16(6-14-4-5-22(17(26)7-14)38(30,35)36)24(32-33)15-9-18(27)23(29)19(28)10-15/h4-5,7,9-11,13H,2-3,6,8H2,1H3,(H2,30,35,36). The molecule has 2 heterocycles. The van der Waals surface area contributed by atoms with Gasteiger partial charge in [-0.2, -0.15) is 5.10 Å². The largest absolute Gasteiger partial charge is 0.293 e. The van der Waals surface area contributed by atoms with Crippen molar-refractivity contribution in [1.82, 2.24) is 14.8 Å². The molecular formula is C25H20F4N4O3S2. The summed E-state index contributed by atoms with van der Waals surface area (Å²) in [7, 11) is -4.29. The van der Waals surface area contributed by atoms with Crippen molar-refractivity contribution in [2.24, 2.45) is 11.1 Å². The van der Waals surface area contributed by atoms with Crippen molar-refractivity contribution in [3.05, 3.63) is 81.5 Å². The molecule has 1 fully saturated rings. The molecule has 2 aromatic carbocycles. The van der Waals surface area contributed by atoms with Crippen LogP contribution < -0.4 is 5.14 Å². The Kier molecular flexibility index (Phi) is 6.70. The van der Waals surface area contributed by atoms with Crippen LogP contribution in [0.3, 0.4) is 0 Å². The van der Waals surface area contributed by atoms with E-state index in [1.807, 2.05) is 0 Å². The minimum absolute atomic E-state index is 0.00472. The maximum Gasteiger partial charge on any atom is 0.240 e. The summed E-state index contributed by atoms with van der Waals surface area (Å²) in [4.78, 5) is 15.5. The minimum atomic E-state index is -4.29. The molecule has 4 aromatic rings. The van der Waals surface area contributed by atoms with E-state index >= 15 is 0 Å². The lowest BCUT2D eigenvalue weighted by atomic mass is 9.96. The van der Waals surface area contributed by atoms with Crippen LogP contribution in [0.4, 0.5) is 17.6 Å². The van der Waals surface area contributed by atoms with Crippen molar-refractivity contribution in [1.29, 1.82) is 0 Å². The first-order valence-corrected chi connectivity index (χ1v) is 13.9. The molecule has 38 heavy (non-hydrogen) atoms. The zero-order valence-electron chi connectivity index (χ0n) is 19.8. The maximum absolute atomic E-state index is 14.6. The molecule has 0 saturated heterocycles. The van der Waals surface area contributed by atoms with Crippen LogP contribution in [0.25, 0.3) is 16.4 Å². The SMILES string of the molecule is CC(=O)c1csc(-n2nc(-c3cc(F)c(F)c(F)c3)c(Cc3ccc(S(N)(=O)=O)c(F)c3)c2CC2CC2)n1. The lowest BCUT2D eigenvalue weighted by Gasteiger charge is -2.10. The van der Waals surface area contributed by atoms with E-state index < -0.39 is 38.2 Å². The average Bonchev–Trinajstić information content (AvgIpc) is 3.39. The summed E-state index contributed by atoms with van der Waals surface area (Å²) in [6.07, 6.45) is 2.42. The second-order valence-electron chi connectivity index (χ2n) is 9.15. The fraction of sp³-hybridized carbons (Fsp3) is 0.240. The molecule has 13 heteroatoms. The summed E-state index contributed by atoms with van der Waals surface area (Å²) >= 11 is 1.15. The lowest BCUT2D eigenvalue weighted by molar-refractivity contribution is 0.101. The van der Waals surface area contributed by atoms with E-state index in [1.165, 1.54) is 17.7 Å². The third kappa shape index (κ3) is 5.13. The van der Waals surface area contributed by atoms with E-state index in [9.17, 15) is 30.8 Å². The molecule has 0 radical (unpaired) electrons. The van der Waals surface area contributed by atoms with Crippen LogP contribution in [0.5, 0.6) is 0 Å². The Balaban J connectivity index is 1.71. The summed E-state index contributed by atoms with van der Waals surface area (Å²) < 4.78 is 81.6. The zero-order valence-corrected chi connectivity index (χ0v) is 21.5. The highest BCUT2D eigenvalue weighted by Gasteiger charge is 2.30. The molecule has 0 unspecified atom stereocenters. The summed E-state index contributed by atoms with van der Waals surface area (Å²) in [6, 6.07) is 5.09. The van der Waals surface area contributed by atoms with Gasteiger partial charge in [-0.1, -0.05) is 6.07 Å². The molecule has 5 rings (SSSR count). The molecule has 0 atom stereocenters. The first-order valence-electron chi connectivity index (χ1n) is 11.5. The van der Waals surface area contributed by atoms with Crippen molar-refractivity contribution < 1.29 is 30.8 Å². The van der Waals surface area contributed by atoms with Gasteiger partial charge in [0.15, 0.2) is 23.2 Å². The van der Waals surface area contributed by atoms with E-state index in [1.54, 1.807) is 5.38 Å². The molecule has 0 amide bonds. The Morgan fingerprint density at radius 2 is 1.79 bits per heavy atom. The van der Waals surface area contributed by atoms with Gasteiger partial charge in [-0.05, 0) is 55.0 Å². The number of thiazole rings is 1. The fourth-order valence-electron chi connectivity index (χ4n) is 4.17. The quantitative estimate of drug-likeness (QED) is 0.185. The number of carbonyl (C=O) groups is 1. The number of Topliss-reactive ketones (excluding diaryl/α,β-unsaturated/α-hetero) is 1. The number of carbonyl (C=O) groups excluding carboxylic acids is 1. The van der Waals surface area contributed by atoms with Gasteiger partial charge in [-0.3, -0.25) is 4.79 Å². The highest BCUT2D eigenvalue weighted by atomic mass is 32.2. The van der Waals surface area contributed by atoms with Crippen molar-refractivity contribution >= 4 is 27.1 Å². The van der Waals surface area contributed by atoms with Gasteiger partial charge in [-0.25, -0.2) is 40.8 Å². The Morgan fingerprint density at radius 1 is 1.11 bits per heavy atom. The number of benzene rings is 2. The average molecular weight is 565 g/mol. The van der Waals surface area contributed by atoms with Crippen molar-refractivity contribution in [2.45, 2.75) is 37.5 Å². The zero-order chi connectivity index (χ0) is 27.4. The van der Waals surface area contributed by atoms with E-state index in [0.29, 0.717) is 34.3 Å². The monoisotopic (exact) mass is 564 g/mol. The number of halogens is 4. The molecule has 7 nitrogen and oxygen atoms in total. The first kappa shape index (κ1) is 26.2. The molecule has 0 bridgehead atoms. The van der Waals surface area contributed by atoms with Crippen molar-refractivity contribution in [3.8, 4) is 16.4 Å².